The zero-order valence-corrected chi connectivity index (χ0v) is 15.1. The van der Waals surface area contributed by atoms with Crippen LogP contribution in [0.4, 0.5) is 15.9 Å². The van der Waals surface area contributed by atoms with Gasteiger partial charge < -0.3 is 14.8 Å². The lowest BCUT2D eigenvalue weighted by atomic mass is 10.2. The summed E-state index contributed by atoms with van der Waals surface area (Å²) in [6.07, 6.45) is 3.46. The normalized spacial score (nSPS) is 12.9. The van der Waals surface area contributed by atoms with E-state index >= 15 is 0 Å². The van der Waals surface area contributed by atoms with Gasteiger partial charge >= 0.3 is 0 Å². The number of fused-ring (bicyclic) bond motifs is 2. The molecule has 0 spiro atoms. The predicted molar refractivity (Wildman–Crippen MR) is 104 cm³/mol. The molecule has 4 heterocycles. The minimum absolute atomic E-state index is 0.198. The van der Waals surface area contributed by atoms with Gasteiger partial charge in [-0.3, -0.25) is 9.38 Å². The van der Waals surface area contributed by atoms with E-state index in [-0.39, 0.29) is 5.69 Å². The van der Waals surface area contributed by atoms with Gasteiger partial charge in [0.05, 0.1) is 0 Å². The number of hydrogen-bond acceptors (Lipinski definition) is 5. The third-order valence-corrected chi connectivity index (χ3v) is 4.57. The van der Waals surface area contributed by atoms with Crippen LogP contribution in [0.5, 0.6) is 11.5 Å². The zero-order valence-electron chi connectivity index (χ0n) is 15.1. The Hall–Kier alpha value is -3.61. The highest BCUT2D eigenvalue weighted by molar-refractivity contribution is 5.78. The molecule has 1 aliphatic rings. The Bertz CT molecular complexity index is 1190. The first kappa shape index (κ1) is 16.6. The minimum atomic E-state index is -0.423. The van der Waals surface area contributed by atoms with E-state index in [2.05, 4.69) is 15.3 Å². The lowest BCUT2D eigenvalue weighted by molar-refractivity contribution is 0.171. The second-order valence-electron chi connectivity index (χ2n) is 6.56. The monoisotopic (exact) mass is 376 g/mol. The maximum absolute atomic E-state index is 14.5. The molecule has 4 aromatic rings. The Morgan fingerprint density at radius 2 is 1.89 bits per heavy atom. The fraction of sp³-hybridized carbons (Fsp3) is 0.143. The number of aromatic nitrogens is 3. The van der Waals surface area contributed by atoms with Gasteiger partial charge in [0.25, 0.3) is 0 Å². The zero-order chi connectivity index (χ0) is 19.1. The highest BCUT2D eigenvalue weighted by Crippen LogP contribution is 2.36. The Morgan fingerprint density at radius 3 is 2.75 bits per heavy atom. The summed E-state index contributed by atoms with van der Waals surface area (Å²) in [5.41, 5.74) is 3.20. The van der Waals surface area contributed by atoms with Crippen LogP contribution in [0.3, 0.4) is 0 Å². The highest BCUT2D eigenvalue weighted by Gasteiger charge is 2.19. The molecule has 3 aromatic heterocycles. The van der Waals surface area contributed by atoms with Crippen molar-refractivity contribution in [1.82, 2.24) is 14.4 Å². The van der Waals surface area contributed by atoms with Gasteiger partial charge in [-0.25, -0.2) is 9.37 Å². The molecule has 0 saturated carbocycles. The Labute approximate surface area is 160 Å². The SMILES string of the molecule is Cc1ccn2c(Nc3ccc4c(c3)OCCO4)c(-c3ncccc3F)nc2c1. The second-order valence-corrected chi connectivity index (χ2v) is 6.56. The lowest BCUT2D eigenvalue weighted by Gasteiger charge is -2.19. The molecule has 0 atom stereocenters. The first-order chi connectivity index (χ1) is 13.7. The van der Waals surface area contributed by atoms with Crippen molar-refractivity contribution in [3.05, 3.63) is 66.2 Å². The van der Waals surface area contributed by atoms with Crippen LogP contribution in [-0.2, 0) is 0 Å². The van der Waals surface area contributed by atoms with Crippen molar-refractivity contribution in [3.63, 3.8) is 0 Å². The number of pyridine rings is 2. The van der Waals surface area contributed by atoms with Gasteiger partial charge in [0.2, 0.25) is 0 Å². The van der Waals surface area contributed by atoms with Crippen LogP contribution in [0.1, 0.15) is 5.56 Å². The van der Waals surface area contributed by atoms with Crippen LogP contribution in [0, 0.1) is 12.7 Å². The molecule has 0 amide bonds. The van der Waals surface area contributed by atoms with Crippen molar-refractivity contribution < 1.29 is 13.9 Å². The standard InChI is InChI=1S/C21H17FN4O2/c1-13-6-8-26-18(11-13)25-20(19-15(22)3-2-7-23-19)21(26)24-14-4-5-16-17(12-14)28-10-9-27-16/h2-8,11-12,24H,9-10H2,1H3. The van der Waals surface area contributed by atoms with E-state index < -0.39 is 5.82 Å². The van der Waals surface area contributed by atoms with Crippen molar-refractivity contribution >= 4 is 17.2 Å². The van der Waals surface area contributed by atoms with E-state index in [1.165, 1.54) is 6.07 Å². The van der Waals surface area contributed by atoms with Gasteiger partial charge in [-0.1, -0.05) is 0 Å². The Morgan fingerprint density at radius 1 is 1.04 bits per heavy atom. The van der Waals surface area contributed by atoms with E-state index in [0.717, 1.165) is 11.3 Å². The van der Waals surface area contributed by atoms with Gasteiger partial charge in [0, 0.05) is 24.1 Å². The minimum Gasteiger partial charge on any atom is -0.486 e. The summed E-state index contributed by atoms with van der Waals surface area (Å²) in [5.74, 6) is 1.59. The van der Waals surface area contributed by atoms with Crippen LogP contribution in [0.2, 0.25) is 0 Å². The summed E-state index contributed by atoms with van der Waals surface area (Å²) in [5, 5.41) is 3.35. The first-order valence-corrected chi connectivity index (χ1v) is 8.95. The molecule has 0 radical (unpaired) electrons. The largest absolute Gasteiger partial charge is 0.486 e. The molecule has 0 fully saturated rings. The average molecular weight is 376 g/mol. The third-order valence-electron chi connectivity index (χ3n) is 4.57. The molecule has 0 aliphatic carbocycles. The molecule has 140 valence electrons. The molecule has 0 bridgehead atoms. The molecule has 0 saturated heterocycles. The molecular formula is C21H17FN4O2. The lowest BCUT2D eigenvalue weighted by Crippen LogP contribution is -2.15. The molecule has 5 rings (SSSR count). The van der Waals surface area contributed by atoms with Crippen LogP contribution < -0.4 is 14.8 Å². The number of anilines is 2. The quantitative estimate of drug-likeness (QED) is 0.576. The number of aryl methyl sites for hydroxylation is 1. The topological polar surface area (TPSA) is 60.7 Å². The molecule has 0 unspecified atom stereocenters. The summed E-state index contributed by atoms with van der Waals surface area (Å²) in [7, 11) is 0. The molecule has 6 nitrogen and oxygen atoms in total. The van der Waals surface area contributed by atoms with E-state index in [1.54, 1.807) is 12.3 Å². The summed E-state index contributed by atoms with van der Waals surface area (Å²) < 4.78 is 27.6. The number of imidazole rings is 1. The average Bonchev–Trinajstić information content (AvgIpc) is 3.05. The van der Waals surface area contributed by atoms with Gasteiger partial charge in [0.15, 0.2) is 17.3 Å². The molecule has 7 heteroatoms. The fourth-order valence-electron chi connectivity index (χ4n) is 3.25. The Kier molecular flexibility index (Phi) is 3.86. The first-order valence-electron chi connectivity index (χ1n) is 8.95. The van der Waals surface area contributed by atoms with Crippen LogP contribution in [0.15, 0.2) is 54.9 Å². The number of hydrogen-bond donors (Lipinski definition) is 1. The molecule has 1 aliphatic heterocycles. The Balaban J connectivity index is 1.65. The van der Waals surface area contributed by atoms with Gasteiger partial charge in [-0.05, 0) is 48.9 Å². The van der Waals surface area contributed by atoms with Crippen LogP contribution >= 0.6 is 0 Å². The third kappa shape index (κ3) is 2.81. The van der Waals surface area contributed by atoms with E-state index in [9.17, 15) is 4.39 Å². The summed E-state index contributed by atoms with van der Waals surface area (Å²) in [4.78, 5) is 8.83. The summed E-state index contributed by atoms with van der Waals surface area (Å²) in [6, 6.07) is 12.5. The predicted octanol–water partition coefficient (Wildman–Crippen LogP) is 4.36. The summed E-state index contributed by atoms with van der Waals surface area (Å²) >= 11 is 0. The van der Waals surface area contributed by atoms with Gasteiger partial charge in [-0.15, -0.1) is 0 Å². The molecule has 28 heavy (non-hydrogen) atoms. The smallest absolute Gasteiger partial charge is 0.163 e. The maximum atomic E-state index is 14.5. The molecular weight excluding hydrogens is 359 g/mol. The maximum Gasteiger partial charge on any atom is 0.163 e. The van der Waals surface area contributed by atoms with E-state index in [4.69, 9.17) is 9.47 Å². The fourth-order valence-corrected chi connectivity index (χ4v) is 3.25. The van der Waals surface area contributed by atoms with Crippen molar-refractivity contribution in [2.75, 3.05) is 18.5 Å². The van der Waals surface area contributed by atoms with Crippen molar-refractivity contribution in [3.8, 4) is 22.9 Å². The highest BCUT2D eigenvalue weighted by atomic mass is 19.1. The summed E-state index contributed by atoms with van der Waals surface area (Å²) in [6.45, 7) is 3.04. The van der Waals surface area contributed by atoms with Crippen molar-refractivity contribution in [2.24, 2.45) is 0 Å². The molecule has 1 N–H and O–H groups in total. The van der Waals surface area contributed by atoms with Crippen molar-refractivity contribution in [2.45, 2.75) is 6.92 Å². The number of benzene rings is 1. The number of rotatable bonds is 3. The van der Waals surface area contributed by atoms with Gasteiger partial charge in [0.1, 0.15) is 36.1 Å². The van der Waals surface area contributed by atoms with Crippen LogP contribution in [-0.4, -0.2) is 27.6 Å². The van der Waals surface area contributed by atoms with Gasteiger partial charge in [-0.2, -0.15) is 0 Å². The second kappa shape index (κ2) is 6.53. The number of ether oxygens (including phenoxy) is 2. The number of nitrogens with zero attached hydrogens (tertiary/aromatic N) is 3. The van der Waals surface area contributed by atoms with Crippen LogP contribution in [0.25, 0.3) is 17.0 Å². The van der Waals surface area contributed by atoms with Crippen molar-refractivity contribution in [1.29, 1.82) is 0 Å². The van der Waals surface area contributed by atoms with E-state index in [1.807, 2.05) is 47.9 Å². The number of nitrogens with one attached hydrogen (secondary N) is 1. The number of halogens is 1. The molecule has 1 aromatic carbocycles. The van der Waals surface area contributed by atoms with E-state index in [0.29, 0.717) is 41.9 Å².